The van der Waals surface area contributed by atoms with E-state index >= 15 is 0 Å². The van der Waals surface area contributed by atoms with Crippen LogP contribution in [-0.2, 0) is 10.5 Å². The fourth-order valence-corrected chi connectivity index (χ4v) is 3.27. The summed E-state index contributed by atoms with van der Waals surface area (Å²) in [6, 6.07) is 13.6. The molecule has 0 aliphatic rings. The van der Waals surface area contributed by atoms with Crippen molar-refractivity contribution >= 4 is 11.7 Å². The monoisotopic (exact) mass is 394 g/mol. The SMILES string of the molecule is CC(=O)C(CC(C)C)(NC(=O)c1ccccc1)n1c(-c2ccccn2)noc1=O. The molecule has 0 saturated heterocycles. The van der Waals surface area contributed by atoms with Crippen molar-refractivity contribution in [3.63, 3.8) is 0 Å². The third kappa shape index (κ3) is 4.01. The number of amides is 1. The van der Waals surface area contributed by atoms with Crippen LogP contribution in [0, 0.1) is 5.92 Å². The van der Waals surface area contributed by atoms with Crippen molar-refractivity contribution in [2.24, 2.45) is 5.92 Å². The van der Waals surface area contributed by atoms with Gasteiger partial charge in [0.05, 0.1) is 0 Å². The molecule has 0 fully saturated rings. The van der Waals surface area contributed by atoms with Gasteiger partial charge in [-0.05, 0) is 43.5 Å². The Bertz CT molecular complexity index is 1060. The Morgan fingerprint density at radius 2 is 1.83 bits per heavy atom. The molecule has 29 heavy (non-hydrogen) atoms. The lowest BCUT2D eigenvalue weighted by Crippen LogP contribution is -2.59. The number of hydrogen-bond acceptors (Lipinski definition) is 6. The summed E-state index contributed by atoms with van der Waals surface area (Å²) in [5, 5.41) is 6.61. The van der Waals surface area contributed by atoms with E-state index in [2.05, 4.69) is 15.5 Å². The molecular formula is C21H22N4O4. The second-order valence-corrected chi connectivity index (χ2v) is 7.16. The van der Waals surface area contributed by atoms with E-state index in [1.807, 2.05) is 13.8 Å². The van der Waals surface area contributed by atoms with Crippen LogP contribution in [0.5, 0.6) is 0 Å². The lowest BCUT2D eigenvalue weighted by Gasteiger charge is -2.34. The highest BCUT2D eigenvalue weighted by Crippen LogP contribution is 2.28. The number of hydrogen-bond donors (Lipinski definition) is 1. The molecule has 8 heteroatoms. The number of nitrogens with zero attached hydrogens (tertiary/aromatic N) is 3. The van der Waals surface area contributed by atoms with Crippen LogP contribution in [0.4, 0.5) is 0 Å². The maximum absolute atomic E-state index is 13.0. The van der Waals surface area contributed by atoms with Crippen molar-refractivity contribution < 1.29 is 14.1 Å². The molecule has 0 radical (unpaired) electrons. The maximum atomic E-state index is 13.0. The molecule has 2 aromatic heterocycles. The molecule has 0 bridgehead atoms. The van der Waals surface area contributed by atoms with E-state index in [9.17, 15) is 14.4 Å². The van der Waals surface area contributed by atoms with Gasteiger partial charge in [0.15, 0.2) is 11.4 Å². The first-order valence-corrected chi connectivity index (χ1v) is 9.24. The zero-order valence-electron chi connectivity index (χ0n) is 16.5. The number of rotatable bonds is 7. The molecule has 3 rings (SSSR count). The minimum Gasteiger partial charge on any atom is -0.322 e. The Kier molecular flexibility index (Phi) is 5.72. The fraction of sp³-hybridized carbons (Fsp3) is 0.286. The first kappa shape index (κ1) is 20.2. The predicted octanol–water partition coefficient (Wildman–Crippen LogP) is 2.62. The third-order valence-corrected chi connectivity index (χ3v) is 4.52. The predicted molar refractivity (Wildman–Crippen MR) is 106 cm³/mol. The van der Waals surface area contributed by atoms with Crippen LogP contribution >= 0.6 is 0 Å². The summed E-state index contributed by atoms with van der Waals surface area (Å²) in [6.45, 7) is 5.12. The lowest BCUT2D eigenvalue weighted by atomic mass is 9.92. The smallest absolute Gasteiger partial charge is 0.322 e. The maximum Gasteiger partial charge on any atom is 0.444 e. The van der Waals surface area contributed by atoms with Crippen molar-refractivity contribution in [2.75, 3.05) is 0 Å². The quantitative estimate of drug-likeness (QED) is 0.660. The summed E-state index contributed by atoms with van der Waals surface area (Å²) in [7, 11) is 0. The van der Waals surface area contributed by atoms with Crippen LogP contribution in [0.25, 0.3) is 11.5 Å². The van der Waals surface area contributed by atoms with Gasteiger partial charge in [-0.15, -0.1) is 0 Å². The van der Waals surface area contributed by atoms with Gasteiger partial charge in [0.2, 0.25) is 5.82 Å². The van der Waals surface area contributed by atoms with Crippen molar-refractivity contribution in [1.82, 2.24) is 20.0 Å². The van der Waals surface area contributed by atoms with E-state index in [-0.39, 0.29) is 18.2 Å². The van der Waals surface area contributed by atoms with Gasteiger partial charge in [-0.2, -0.15) is 0 Å². The Hall–Kier alpha value is -3.55. The molecule has 2 heterocycles. The highest BCUT2D eigenvalue weighted by molar-refractivity contribution is 5.98. The summed E-state index contributed by atoms with van der Waals surface area (Å²) in [6.07, 6.45) is 1.71. The zero-order valence-corrected chi connectivity index (χ0v) is 16.5. The molecule has 1 aromatic carbocycles. The molecule has 1 N–H and O–H groups in total. The number of carbonyl (C=O) groups excluding carboxylic acids is 2. The van der Waals surface area contributed by atoms with Crippen molar-refractivity contribution in [2.45, 2.75) is 32.9 Å². The van der Waals surface area contributed by atoms with Crippen LogP contribution in [0.1, 0.15) is 37.6 Å². The number of carbonyl (C=O) groups is 2. The first-order valence-electron chi connectivity index (χ1n) is 9.24. The van der Waals surface area contributed by atoms with Crippen LogP contribution in [0.15, 0.2) is 64.0 Å². The van der Waals surface area contributed by atoms with Crippen molar-refractivity contribution in [3.05, 3.63) is 70.8 Å². The van der Waals surface area contributed by atoms with Gasteiger partial charge in [-0.3, -0.25) is 19.1 Å². The van der Waals surface area contributed by atoms with Gasteiger partial charge in [-0.25, -0.2) is 9.36 Å². The number of ketones is 1. The molecular weight excluding hydrogens is 372 g/mol. The molecule has 0 saturated carbocycles. The Labute approximate surface area is 167 Å². The fourth-order valence-electron chi connectivity index (χ4n) is 3.27. The van der Waals surface area contributed by atoms with Crippen LogP contribution in [0.2, 0.25) is 0 Å². The van der Waals surface area contributed by atoms with Gasteiger partial charge >= 0.3 is 5.76 Å². The van der Waals surface area contributed by atoms with E-state index in [1.54, 1.807) is 54.7 Å². The van der Waals surface area contributed by atoms with Gasteiger partial charge in [0.1, 0.15) is 5.69 Å². The minimum absolute atomic E-state index is 0.0339. The minimum atomic E-state index is -1.68. The molecule has 8 nitrogen and oxygen atoms in total. The third-order valence-electron chi connectivity index (χ3n) is 4.52. The summed E-state index contributed by atoms with van der Waals surface area (Å²) in [5.41, 5.74) is -0.960. The number of pyridine rings is 1. The molecule has 0 aliphatic heterocycles. The summed E-state index contributed by atoms with van der Waals surface area (Å²) in [4.78, 5) is 42.8. The van der Waals surface area contributed by atoms with Crippen LogP contribution in [0.3, 0.4) is 0 Å². The molecule has 3 aromatic rings. The van der Waals surface area contributed by atoms with Crippen LogP contribution in [-0.4, -0.2) is 26.4 Å². The number of aromatic nitrogens is 3. The normalized spacial score (nSPS) is 13.1. The summed E-state index contributed by atoms with van der Waals surface area (Å²) >= 11 is 0. The van der Waals surface area contributed by atoms with Crippen molar-refractivity contribution in [3.8, 4) is 11.5 Å². The topological polar surface area (TPSA) is 107 Å². The Morgan fingerprint density at radius 1 is 1.14 bits per heavy atom. The molecule has 1 unspecified atom stereocenters. The molecule has 1 amide bonds. The Balaban J connectivity index is 2.19. The average molecular weight is 394 g/mol. The van der Waals surface area contributed by atoms with Gasteiger partial charge in [0, 0.05) is 11.8 Å². The number of Topliss-reactive ketones (excluding diaryl/α,β-unsaturated/α-hetero) is 1. The summed E-state index contributed by atoms with van der Waals surface area (Å²) < 4.78 is 5.98. The molecule has 0 spiro atoms. The molecule has 0 aliphatic carbocycles. The van der Waals surface area contributed by atoms with E-state index in [0.717, 1.165) is 4.57 Å². The van der Waals surface area contributed by atoms with Crippen molar-refractivity contribution in [1.29, 1.82) is 0 Å². The largest absolute Gasteiger partial charge is 0.444 e. The second kappa shape index (κ2) is 8.22. The van der Waals surface area contributed by atoms with E-state index in [4.69, 9.17) is 4.52 Å². The van der Waals surface area contributed by atoms with E-state index in [1.165, 1.54) is 6.92 Å². The van der Waals surface area contributed by atoms with Gasteiger partial charge in [0.25, 0.3) is 5.91 Å². The van der Waals surface area contributed by atoms with Crippen LogP contribution < -0.4 is 11.1 Å². The average Bonchev–Trinajstić information content (AvgIpc) is 3.10. The number of nitrogens with one attached hydrogen (secondary N) is 1. The van der Waals surface area contributed by atoms with Gasteiger partial charge < -0.3 is 5.32 Å². The second-order valence-electron chi connectivity index (χ2n) is 7.16. The highest BCUT2D eigenvalue weighted by Gasteiger charge is 2.44. The van der Waals surface area contributed by atoms with E-state index < -0.39 is 23.1 Å². The zero-order chi connectivity index (χ0) is 21.0. The van der Waals surface area contributed by atoms with E-state index in [0.29, 0.717) is 11.3 Å². The van der Waals surface area contributed by atoms with Gasteiger partial charge in [-0.1, -0.05) is 43.3 Å². The molecule has 150 valence electrons. The number of benzene rings is 1. The highest BCUT2D eigenvalue weighted by atomic mass is 16.5. The Morgan fingerprint density at radius 3 is 2.41 bits per heavy atom. The standard InChI is InChI=1S/C21H22N4O4/c1-14(2)13-21(15(3)26,23-19(27)16-9-5-4-6-10-16)25-18(24-29-20(25)28)17-11-7-8-12-22-17/h4-12,14H,13H2,1-3H3,(H,23,27). The first-order chi connectivity index (χ1) is 13.8. The summed E-state index contributed by atoms with van der Waals surface area (Å²) in [5.74, 6) is -1.72. The molecule has 1 atom stereocenters. The lowest BCUT2D eigenvalue weighted by molar-refractivity contribution is -0.128.